The summed E-state index contributed by atoms with van der Waals surface area (Å²) >= 11 is 1.63. The Kier molecular flexibility index (Phi) is 9.80. The maximum absolute atomic E-state index is 12.3. The van der Waals surface area contributed by atoms with Gasteiger partial charge in [0.25, 0.3) is 0 Å². The molecule has 0 saturated carbocycles. The zero-order valence-electron chi connectivity index (χ0n) is 20.6. The van der Waals surface area contributed by atoms with Crippen molar-refractivity contribution in [1.29, 1.82) is 0 Å². The molecule has 1 aromatic heterocycles. The van der Waals surface area contributed by atoms with Crippen LogP contribution in [0.1, 0.15) is 38.5 Å². The van der Waals surface area contributed by atoms with Gasteiger partial charge < -0.3 is 24.8 Å². The predicted octanol–water partition coefficient (Wildman–Crippen LogP) is 4.64. The second-order valence-corrected chi connectivity index (χ2v) is 10.7. The van der Waals surface area contributed by atoms with Gasteiger partial charge in [0.1, 0.15) is 5.75 Å². The molecule has 1 N–H and O–H groups in total. The van der Waals surface area contributed by atoms with Crippen LogP contribution in [0.5, 0.6) is 5.75 Å². The maximum atomic E-state index is 12.3. The van der Waals surface area contributed by atoms with Crippen LogP contribution in [0.3, 0.4) is 0 Å². The Labute approximate surface area is 208 Å². The molecule has 0 aliphatic carbocycles. The van der Waals surface area contributed by atoms with Gasteiger partial charge in [-0.15, -0.1) is 11.3 Å². The van der Waals surface area contributed by atoms with E-state index in [1.54, 1.807) is 11.3 Å². The predicted molar refractivity (Wildman–Crippen MR) is 142 cm³/mol. The van der Waals surface area contributed by atoms with Crippen LogP contribution in [0, 0.1) is 0 Å². The number of nitrogens with one attached hydrogen (secondary N) is 1. The number of thiophene rings is 1. The summed E-state index contributed by atoms with van der Waals surface area (Å²) in [6.45, 7) is 10.1. The van der Waals surface area contributed by atoms with E-state index in [0.717, 1.165) is 86.3 Å². The topological polar surface area (TPSA) is 48.1 Å². The molecule has 0 bridgehead atoms. The summed E-state index contributed by atoms with van der Waals surface area (Å²) in [5, 5.41) is 3.99. The van der Waals surface area contributed by atoms with Gasteiger partial charge in [-0.25, -0.2) is 0 Å². The average Bonchev–Trinajstić information content (AvgIpc) is 3.54. The lowest BCUT2D eigenvalue weighted by molar-refractivity contribution is -0.116. The Bertz CT molecular complexity index is 871. The van der Waals surface area contributed by atoms with Crippen LogP contribution in [0.2, 0.25) is 0 Å². The Morgan fingerprint density at radius 2 is 1.59 bits per heavy atom. The number of likely N-dealkylation sites (N-methyl/N-ethyl adjacent to an activating group) is 1. The zero-order chi connectivity index (χ0) is 23.6. The van der Waals surface area contributed by atoms with Gasteiger partial charge >= 0.3 is 0 Å². The van der Waals surface area contributed by atoms with Gasteiger partial charge in [-0.3, -0.25) is 4.79 Å². The van der Waals surface area contributed by atoms with Crippen LogP contribution in [0.4, 0.5) is 5.00 Å². The van der Waals surface area contributed by atoms with Crippen molar-refractivity contribution >= 4 is 22.2 Å². The normalized spacial score (nSPS) is 17.8. The Hall–Kier alpha value is -1.93. The molecule has 34 heavy (non-hydrogen) atoms. The van der Waals surface area contributed by atoms with Crippen LogP contribution < -0.4 is 10.1 Å². The number of anilines is 1. The molecule has 2 saturated heterocycles. The van der Waals surface area contributed by atoms with Crippen molar-refractivity contribution in [2.75, 3.05) is 71.3 Å². The number of amides is 1. The first-order valence-corrected chi connectivity index (χ1v) is 13.7. The number of hydrogen-bond donors (Lipinski definition) is 1. The quantitative estimate of drug-likeness (QED) is 0.445. The number of benzene rings is 1. The summed E-state index contributed by atoms with van der Waals surface area (Å²) in [4.78, 5) is 20.9. The highest BCUT2D eigenvalue weighted by atomic mass is 32.1. The van der Waals surface area contributed by atoms with E-state index in [2.05, 4.69) is 45.3 Å². The van der Waals surface area contributed by atoms with E-state index in [9.17, 15) is 4.79 Å². The second kappa shape index (κ2) is 13.2. The molecule has 2 fully saturated rings. The van der Waals surface area contributed by atoms with Crippen LogP contribution in [-0.2, 0) is 4.79 Å². The number of unbranched alkanes of at least 4 members (excludes halogenated alkanes) is 1. The number of hydrogen-bond acceptors (Lipinski definition) is 6. The number of likely N-dealkylation sites (tertiary alicyclic amines) is 1. The number of piperazine rings is 1. The third-order valence-corrected chi connectivity index (χ3v) is 7.87. The van der Waals surface area contributed by atoms with E-state index in [0.29, 0.717) is 6.42 Å². The summed E-state index contributed by atoms with van der Waals surface area (Å²) < 4.78 is 5.95. The van der Waals surface area contributed by atoms with Crippen molar-refractivity contribution in [3.05, 3.63) is 36.4 Å². The van der Waals surface area contributed by atoms with Crippen LogP contribution in [0.15, 0.2) is 36.4 Å². The molecule has 0 radical (unpaired) electrons. The maximum Gasteiger partial charge on any atom is 0.224 e. The third kappa shape index (κ3) is 8.08. The number of rotatable bonds is 12. The molecule has 0 spiro atoms. The molecule has 0 unspecified atom stereocenters. The van der Waals surface area contributed by atoms with Gasteiger partial charge in [0.15, 0.2) is 0 Å². The summed E-state index contributed by atoms with van der Waals surface area (Å²) in [5.41, 5.74) is 1.15. The van der Waals surface area contributed by atoms with Crippen molar-refractivity contribution in [3.8, 4) is 16.2 Å². The van der Waals surface area contributed by atoms with Gasteiger partial charge in [-0.2, -0.15) is 0 Å². The lowest BCUT2D eigenvalue weighted by Gasteiger charge is -2.32. The van der Waals surface area contributed by atoms with Crippen LogP contribution in [0.25, 0.3) is 10.4 Å². The van der Waals surface area contributed by atoms with Gasteiger partial charge in [0, 0.05) is 44.0 Å². The van der Waals surface area contributed by atoms with Crippen molar-refractivity contribution in [2.45, 2.75) is 38.5 Å². The second-order valence-electron chi connectivity index (χ2n) is 9.59. The molecule has 2 aliphatic rings. The zero-order valence-corrected chi connectivity index (χ0v) is 21.5. The molecule has 3 heterocycles. The highest BCUT2D eigenvalue weighted by Crippen LogP contribution is 2.32. The fraction of sp³-hybridized carbons (Fsp3) is 0.593. The van der Waals surface area contributed by atoms with Crippen molar-refractivity contribution in [1.82, 2.24) is 14.7 Å². The van der Waals surface area contributed by atoms with Crippen LogP contribution >= 0.6 is 11.3 Å². The molecule has 0 atom stereocenters. The number of carbonyl (C=O) groups is 1. The minimum atomic E-state index is 0.121. The van der Waals surface area contributed by atoms with E-state index in [1.807, 2.05) is 18.2 Å². The average molecular weight is 485 g/mol. The molecule has 2 aliphatic heterocycles. The first kappa shape index (κ1) is 25.2. The van der Waals surface area contributed by atoms with Crippen molar-refractivity contribution in [2.24, 2.45) is 0 Å². The summed E-state index contributed by atoms with van der Waals surface area (Å²) in [7, 11) is 2.19. The highest BCUT2D eigenvalue weighted by Gasteiger charge is 2.13. The van der Waals surface area contributed by atoms with E-state index in [4.69, 9.17) is 4.74 Å². The van der Waals surface area contributed by atoms with E-state index >= 15 is 0 Å². The minimum absolute atomic E-state index is 0.121. The number of nitrogens with zero attached hydrogens (tertiary/aromatic N) is 3. The molecule has 6 nitrogen and oxygen atoms in total. The van der Waals surface area contributed by atoms with Crippen molar-refractivity contribution in [3.63, 3.8) is 0 Å². The standard InChI is InChI=1S/C27H40N4O2S/c1-29-18-20-31(21-19-29)17-6-22-33-24-10-8-23(9-11-24)25-12-13-27(34-25)28-26(32)7-2-3-14-30-15-4-5-16-30/h8-13H,2-7,14-22H2,1H3,(H,28,32). The van der Waals surface area contributed by atoms with E-state index < -0.39 is 0 Å². The molecule has 4 rings (SSSR count). The summed E-state index contributed by atoms with van der Waals surface area (Å²) in [6.07, 6.45) is 6.37. The lowest BCUT2D eigenvalue weighted by atomic mass is 10.2. The third-order valence-electron chi connectivity index (χ3n) is 6.82. The lowest BCUT2D eigenvalue weighted by Crippen LogP contribution is -2.44. The molecule has 186 valence electrons. The Morgan fingerprint density at radius 1 is 0.882 bits per heavy atom. The first-order valence-electron chi connectivity index (χ1n) is 12.9. The first-order chi connectivity index (χ1) is 16.7. The molecule has 2 aromatic rings. The molecule has 1 amide bonds. The van der Waals surface area contributed by atoms with E-state index in [-0.39, 0.29) is 5.91 Å². The van der Waals surface area contributed by atoms with Gasteiger partial charge in [0.05, 0.1) is 11.6 Å². The van der Waals surface area contributed by atoms with Crippen molar-refractivity contribution < 1.29 is 9.53 Å². The Morgan fingerprint density at radius 3 is 2.35 bits per heavy atom. The number of carbonyl (C=O) groups excluding carboxylic acids is 1. The van der Waals surface area contributed by atoms with Gasteiger partial charge in [-0.1, -0.05) is 0 Å². The summed E-state index contributed by atoms with van der Waals surface area (Å²) in [5.74, 6) is 1.04. The highest BCUT2D eigenvalue weighted by molar-refractivity contribution is 7.19. The largest absolute Gasteiger partial charge is 0.494 e. The monoisotopic (exact) mass is 484 g/mol. The minimum Gasteiger partial charge on any atom is -0.494 e. The fourth-order valence-corrected chi connectivity index (χ4v) is 5.58. The molecule has 7 heteroatoms. The van der Waals surface area contributed by atoms with Gasteiger partial charge in [-0.05, 0) is 101 Å². The fourth-order valence-electron chi connectivity index (χ4n) is 4.65. The molecular weight excluding hydrogens is 444 g/mol. The summed E-state index contributed by atoms with van der Waals surface area (Å²) in [6, 6.07) is 12.4. The molecular formula is C27H40N4O2S. The van der Waals surface area contributed by atoms with Gasteiger partial charge in [0.2, 0.25) is 5.91 Å². The smallest absolute Gasteiger partial charge is 0.224 e. The van der Waals surface area contributed by atoms with Crippen LogP contribution in [-0.4, -0.2) is 86.6 Å². The Balaban J connectivity index is 1.13. The molecule has 1 aromatic carbocycles. The number of ether oxygens (including phenoxy) is 1. The van der Waals surface area contributed by atoms with E-state index in [1.165, 1.54) is 25.9 Å². The SMILES string of the molecule is CN1CCN(CCCOc2ccc(-c3ccc(NC(=O)CCCCN4CCCC4)s3)cc2)CC1.